The normalized spacial score (nSPS) is 22.3. The largest absolute Gasteiger partial charge is 0.495 e. The van der Waals surface area contributed by atoms with Crippen LogP contribution in [0.1, 0.15) is 46.0 Å². The highest BCUT2D eigenvalue weighted by Gasteiger charge is 2.52. The van der Waals surface area contributed by atoms with Crippen molar-refractivity contribution in [3.05, 3.63) is 29.3 Å². The zero-order valence-electron chi connectivity index (χ0n) is 18.3. The molecule has 0 bridgehead atoms. The van der Waals surface area contributed by atoms with E-state index in [-0.39, 0.29) is 18.2 Å². The molecule has 1 saturated heterocycles. The number of fused-ring (bicyclic) bond motifs is 1. The lowest BCUT2D eigenvalue weighted by atomic mass is 9.78. The minimum atomic E-state index is -0.809. The molecule has 2 aromatic rings. The van der Waals surface area contributed by atoms with E-state index in [1.807, 2.05) is 34.6 Å². The maximum Gasteiger partial charge on any atom is 0.495 e. The Labute approximate surface area is 175 Å². The SMILES string of the molecule is Cc1nnn(C)c1CN1C(=O)[C@@H](C)Oc2c(F)cc(B3OC(C)(C)C(C)(C)O3)cc21. The number of aryl methyl sites for hydroxylation is 2. The number of hydrogen-bond acceptors (Lipinski definition) is 6. The highest BCUT2D eigenvalue weighted by atomic mass is 19.1. The van der Waals surface area contributed by atoms with Crippen LogP contribution in [0.5, 0.6) is 5.75 Å². The third-order valence-electron chi connectivity index (χ3n) is 6.22. The number of ether oxygens (including phenoxy) is 1. The number of amides is 1. The molecule has 0 aliphatic carbocycles. The van der Waals surface area contributed by atoms with E-state index in [0.717, 1.165) is 5.69 Å². The van der Waals surface area contributed by atoms with Crippen LogP contribution in [-0.4, -0.2) is 45.3 Å². The Kier molecular flexibility index (Phi) is 4.70. The van der Waals surface area contributed by atoms with E-state index in [4.69, 9.17) is 14.0 Å². The first-order valence-electron chi connectivity index (χ1n) is 9.93. The average Bonchev–Trinajstić information content (AvgIpc) is 3.07. The van der Waals surface area contributed by atoms with Crippen molar-refractivity contribution in [1.29, 1.82) is 0 Å². The average molecular weight is 416 g/mol. The van der Waals surface area contributed by atoms with Crippen molar-refractivity contribution in [3.63, 3.8) is 0 Å². The second kappa shape index (κ2) is 6.78. The Morgan fingerprint density at radius 3 is 2.40 bits per heavy atom. The molecule has 160 valence electrons. The zero-order chi connectivity index (χ0) is 22.0. The van der Waals surface area contributed by atoms with Crippen molar-refractivity contribution in [2.75, 3.05) is 4.90 Å². The van der Waals surface area contributed by atoms with Gasteiger partial charge in [0.1, 0.15) is 0 Å². The van der Waals surface area contributed by atoms with Gasteiger partial charge in [0.05, 0.1) is 34.8 Å². The maximum atomic E-state index is 15.1. The van der Waals surface area contributed by atoms with Crippen LogP contribution in [0.2, 0.25) is 0 Å². The van der Waals surface area contributed by atoms with Gasteiger partial charge in [-0.3, -0.25) is 14.4 Å². The predicted octanol–water partition coefficient (Wildman–Crippen LogP) is 1.88. The summed E-state index contributed by atoms with van der Waals surface area (Å²) in [5.74, 6) is -0.801. The summed E-state index contributed by atoms with van der Waals surface area (Å²) < 4.78 is 34.4. The summed E-state index contributed by atoms with van der Waals surface area (Å²) in [6.07, 6.45) is -0.809. The molecule has 1 aromatic carbocycles. The van der Waals surface area contributed by atoms with Crippen molar-refractivity contribution >= 4 is 24.2 Å². The fourth-order valence-corrected chi connectivity index (χ4v) is 3.61. The minimum absolute atomic E-state index is 0.0372. The highest BCUT2D eigenvalue weighted by Crippen LogP contribution is 2.40. The lowest BCUT2D eigenvalue weighted by Crippen LogP contribution is -2.46. The second-order valence-corrected chi connectivity index (χ2v) is 8.87. The molecule has 2 aliphatic rings. The molecule has 30 heavy (non-hydrogen) atoms. The molecule has 0 unspecified atom stereocenters. The van der Waals surface area contributed by atoms with Gasteiger partial charge >= 0.3 is 7.12 Å². The zero-order valence-corrected chi connectivity index (χ0v) is 18.3. The number of benzene rings is 1. The van der Waals surface area contributed by atoms with E-state index >= 15 is 4.39 Å². The molecule has 0 radical (unpaired) electrons. The monoisotopic (exact) mass is 416 g/mol. The summed E-state index contributed by atoms with van der Waals surface area (Å²) in [6, 6.07) is 3.04. The molecule has 1 aromatic heterocycles. The molecule has 3 heterocycles. The fourth-order valence-electron chi connectivity index (χ4n) is 3.61. The minimum Gasteiger partial charge on any atom is -0.476 e. The van der Waals surface area contributed by atoms with E-state index < -0.39 is 30.2 Å². The lowest BCUT2D eigenvalue weighted by molar-refractivity contribution is -0.125. The number of carbonyl (C=O) groups is 1. The third kappa shape index (κ3) is 3.18. The number of carbonyl (C=O) groups excluding carboxylic acids is 1. The molecule has 0 saturated carbocycles. The van der Waals surface area contributed by atoms with Crippen molar-refractivity contribution < 1.29 is 23.2 Å². The Morgan fingerprint density at radius 1 is 1.20 bits per heavy atom. The summed E-state index contributed by atoms with van der Waals surface area (Å²) >= 11 is 0. The molecule has 1 atom stereocenters. The molecule has 0 spiro atoms. The van der Waals surface area contributed by atoms with E-state index in [0.29, 0.717) is 16.8 Å². The summed E-state index contributed by atoms with van der Waals surface area (Å²) in [6.45, 7) is 11.3. The lowest BCUT2D eigenvalue weighted by Gasteiger charge is -2.33. The van der Waals surface area contributed by atoms with Gasteiger partial charge in [-0.1, -0.05) is 5.21 Å². The van der Waals surface area contributed by atoms with Crippen LogP contribution < -0.4 is 15.1 Å². The highest BCUT2D eigenvalue weighted by molar-refractivity contribution is 6.62. The van der Waals surface area contributed by atoms with Crippen LogP contribution >= 0.6 is 0 Å². The first-order chi connectivity index (χ1) is 13.9. The Balaban J connectivity index is 1.77. The Hall–Kier alpha value is -2.46. The van der Waals surface area contributed by atoms with Gasteiger partial charge in [-0.15, -0.1) is 5.10 Å². The molecule has 2 aliphatic heterocycles. The van der Waals surface area contributed by atoms with Gasteiger partial charge in [0.25, 0.3) is 5.91 Å². The van der Waals surface area contributed by atoms with E-state index in [1.54, 1.807) is 24.7 Å². The van der Waals surface area contributed by atoms with E-state index in [9.17, 15) is 4.79 Å². The van der Waals surface area contributed by atoms with Crippen LogP contribution in [0.25, 0.3) is 0 Å². The summed E-state index contributed by atoms with van der Waals surface area (Å²) in [7, 11) is 0.998. The molecule has 10 heteroatoms. The number of aromatic nitrogens is 3. The Bertz CT molecular complexity index is 987. The number of hydrogen-bond donors (Lipinski definition) is 0. The van der Waals surface area contributed by atoms with Crippen LogP contribution in [0.4, 0.5) is 10.1 Å². The molecular weight excluding hydrogens is 390 g/mol. The van der Waals surface area contributed by atoms with E-state index in [2.05, 4.69) is 10.3 Å². The summed E-state index contributed by atoms with van der Waals surface area (Å²) in [4.78, 5) is 14.5. The smallest absolute Gasteiger partial charge is 0.476 e. The van der Waals surface area contributed by atoms with E-state index in [1.165, 1.54) is 11.0 Å². The van der Waals surface area contributed by atoms with Crippen LogP contribution in [0.3, 0.4) is 0 Å². The fraction of sp³-hybridized carbons (Fsp3) is 0.550. The summed E-state index contributed by atoms with van der Waals surface area (Å²) in [5.41, 5.74) is 1.15. The van der Waals surface area contributed by atoms with Crippen molar-refractivity contribution in [2.24, 2.45) is 7.05 Å². The van der Waals surface area contributed by atoms with Gasteiger partial charge in [-0.25, -0.2) is 4.39 Å². The van der Waals surface area contributed by atoms with Gasteiger partial charge in [-0.2, -0.15) is 0 Å². The standard InChI is InChI=1S/C20H26BFN4O4/c1-11-16(25(7)24-23-11)10-26-15-9-13(21-29-19(3,4)20(5,6)30-21)8-14(22)17(15)28-12(2)18(26)27/h8-9,12H,10H2,1-7H3/t12-/m1/s1. The third-order valence-corrected chi connectivity index (χ3v) is 6.22. The molecule has 1 fully saturated rings. The first-order valence-corrected chi connectivity index (χ1v) is 9.93. The number of nitrogens with zero attached hydrogens (tertiary/aromatic N) is 4. The number of halogens is 1. The molecule has 1 amide bonds. The van der Waals surface area contributed by atoms with Crippen molar-refractivity contribution in [3.8, 4) is 5.75 Å². The second-order valence-electron chi connectivity index (χ2n) is 8.87. The first kappa shape index (κ1) is 20.8. The van der Waals surface area contributed by atoms with Gasteiger partial charge in [-0.05, 0) is 59.1 Å². The van der Waals surface area contributed by atoms with Crippen LogP contribution in [0, 0.1) is 12.7 Å². The van der Waals surface area contributed by atoms with Gasteiger partial charge in [0.2, 0.25) is 0 Å². The quantitative estimate of drug-likeness (QED) is 0.712. The molecule has 0 N–H and O–H groups in total. The van der Waals surface area contributed by atoms with Crippen LogP contribution in [-0.2, 0) is 27.7 Å². The molecule has 4 rings (SSSR count). The van der Waals surface area contributed by atoms with Gasteiger partial charge in [0.15, 0.2) is 17.7 Å². The van der Waals surface area contributed by atoms with Crippen molar-refractivity contribution in [2.45, 2.75) is 65.4 Å². The molecular formula is C20H26BFN4O4. The maximum absolute atomic E-state index is 15.1. The topological polar surface area (TPSA) is 78.7 Å². The number of rotatable bonds is 3. The van der Waals surface area contributed by atoms with Gasteiger partial charge in [0, 0.05) is 7.05 Å². The Morgan fingerprint density at radius 2 is 1.83 bits per heavy atom. The number of anilines is 1. The van der Waals surface area contributed by atoms with Crippen molar-refractivity contribution in [1.82, 2.24) is 15.0 Å². The molecule has 8 nitrogen and oxygen atoms in total. The van der Waals surface area contributed by atoms with Gasteiger partial charge < -0.3 is 14.0 Å². The summed E-state index contributed by atoms with van der Waals surface area (Å²) in [5, 5.41) is 8.04. The van der Waals surface area contributed by atoms with Crippen LogP contribution in [0.15, 0.2) is 12.1 Å². The predicted molar refractivity (Wildman–Crippen MR) is 109 cm³/mol.